The van der Waals surface area contributed by atoms with Crippen LogP contribution in [0.25, 0.3) is 0 Å². The fourth-order valence-corrected chi connectivity index (χ4v) is 3.48. The number of nitrogens with one attached hydrogen (secondary N) is 1. The van der Waals surface area contributed by atoms with Crippen LogP contribution in [-0.2, 0) is 0 Å². The monoisotopic (exact) mass is 275 g/mol. The van der Waals surface area contributed by atoms with E-state index < -0.39 is 0 Å². The van der Waals surface area contributed by atoms with Crippen LogP contribution in [0, 0.1) is 11.8 Å². The third-order valence-electron chi connectivity index (χ3n) is 4.81. The Morgan fingerprint density at radius 3 is 2.70 bits per heavy atom. The van der Waals surface area contributed by atoms with Crippen LogP contribution in [0.1, 0.15) is 58.4 Å². The maximum atomic E-state index is 12.4. The van der Waals surface area contributed by atoms with Crippen molar-refractivity contribution in [1.29, 1.82) is 0 Å². The van der Waals surface area contributed by atoms with Crippen LogP contribution in [0.3, 0.4) is 0 Å². The minimum atomic E-state index is 0.0584. The first-order valence-corrected chi connectivity index (χ1v) is 8.00. The van der Waals surface area contributed by atoms with Crippen LogP contribution in [0.4, 0.5) is 5.82 Å². The second-order valence-electron chi connectivity index (χ2n) is 6.66. The lowest BCUT2D eigenvalue weighted by Crippen LogP contribution is -2.38. The van der Waals surface area contributed by atoms with Gasteiger partial charge in [0, 0.05) is 24.5 Å². The molecule has 110 valence electrons. The zero-order valence-corrected chi connectivity index (χ0v) is 12.5. The molecular weight excluding hydrogens is 250 g/mol. The summed E-state index contributed by atoms with van der Waals surface area (Å²) < 4.78 is 1.85. The first-order chi connectivity index (χ1) is 9.66. The maximum absolute atomic E-state index is 12.4. The van der Waals surface area contributed by atoms with Crippen LogP contribution in [0.2, 0.25) is 0 Å². The first kappa shape index (κ1) is 13.7. The Morgan fingerprint density at radius 1 is 1.25 bits per heavy atom. The number of rotatable bonds is 4. The van der Waals surface area contributed by atoms with E-state index in [2.05, 4.69) is 24.1 Å². The van der Waals surface area contributed by atoms with E-state index in [0.29, 0.717) is 29.7 Å². The SMILES string of the molecule is CC(C)C1CCCCC1Nc1nccn(C2CC2)c1=O. The number of nitrogens with zero attached hydrogens (tertiary/aromatic N) is 2. The summed E-state index contributed by atoms with van der Waals surface area (Å²) in [4.78, 5) is 16.7. The molecular formula is C16H25N3O. The summed E-state index contributed by atoms with van der Waals surface area (Å²) in [5.74, 6) is 1.86. The molecule has 0 bridgehead atoms. The Labute approximate surface area is 120 Å². The van der Waals surface area contributed by atoms with Gasteiger partial charge < -0.3 is 9.88 Å². The molecule has 0 aliphatic heterocycles. The summed E-state index contributed by atoms with van der Waals surface area (Å²) in [7, 11) is 0. The second kappa shape index (κ2) is 5.58. The van der Waals surface area contributed by atoms with Crippen LogP contribution in [0.5, 0.6) is 0 Å². The van der Waals surface area contributed by atoms with Crippen molar-refractivity contribution >= 4 is 5.82 Å². The molecule has 0 spiro atoms. The molecule has 2 fully saturated rings. The van der Waals surface area contributed by atoms with Crippen molar-refractivity contribution in [3.8, 4) is 0 Å². The van der Waals surface area contributed by atoms with E-state index in [4.69, 9.17) is 0 Å². The molecule has 0 aromatic carbocycles. The normalized spacial score (nSPS) is 26.8. The average molecular weight is 275 g/mol. The highest BCUT2D eigenvalue weighted by molar-refractivity contribution is 5.33. The lowest BCUT2D eigenvalue weighted by molar-refractivity contribution is 0.253. The topological polar surface area (TPSA) is 46.9 Å². The molecule has 4 heteroatoms. The summed E-state index contributed by atoms with van der Waals surface area (Å²) in [5, 5.41) is 3.46. The van der Waals surface area contributed by atoms with Gasteiger partial charge in [-0.2, -0.15) is 0 Å². The minimum Gasteiger partial charge on any atom is -0.362 e. The quantitative estimate of drug-likeness (QED) is 0.918. The fraction of sp³-hybridized carbons (Fsp3) is 0.750. The van der Waals surface area contributed by atoms with Crippen molar-refractivity contribution in [1.82, 2.24) is 9.55 Å². The molecule has 20 heavy (non-hydrogen) atoms. The molecule has 2 atom stereocenters. The maximum Gasteiger partial charge on any atom is 0.293 e. The van der Waals surface area contributed by atoms with E-state index in [1.165, 1.54) is 19.3 Å². The Hall–Kier alpha value is -1.32. The highest BCUT2D eigenvalue weighted by Crippen LogP contribution is 2.34. The van der Waals surface area contributed by atoms with Gasteiger partial charge in [-0.15, -0.1) is 0 Å². The number of aromatic nitrogens is 2. The van der Waals surface area contributed by atoms with Crippen LogP contribution < -0.4 is 10.9 Å². The number of anilines is 1. The van der Waals surface area contributed by atoms with E-state index in [0.717, 1.165) is 19.3 Å². The zero-order chi connectivity index (χ0) is 14.1. The molecule has 2 aliphatic rings. The van der Waals surface area contributed by atoms with E-state index in [-0.39, 0.29) is 5.56 Å². The Kier molecular flexibility index (Phi) is 3.81. The van der Waals surface area contributed by atoms with E-state index in [9.17, 15) is 4.79 Å². The van der Waals surface area contributed by atoms with Gasteiger partial charge in [0.15, 0.2) is 5.82 Å². The Morgan fingerprint density at radius 2 is 2.00 bits per heavy atom. The molecule has 2 saturated carbocycles. The van der Waals surface area contributed by atoms with Gasteiger partial charge in [0.1, 0.15) is 0 Å². The van der Waals surface area contributed by atoms with Crippen molar-refractivity contribution in [2.45, 2.75) is 64.5 Å². The molecule has 0 radical (unpaired) electrons. The molecule has 1 N–H and O–H groups in total. The lowest BCUT2D eigenvalue weighted by atomic mass is 9.78. The summed E-state index contributed by atoms with van der Waals surface area (Å²) >= 11 is 0. The number of hydrogen-bond donors (Lipinski definition) is 1. The number of hydrogen-bond acceptors (Lipinski definition) is 3. The van der Waals surface area contributed by atoms with Gasteiger partial charge >= 0.3 is 0 Å². The van der Waals surface area contributed by atoms with Crippen molar-refractivity contribution in [3.05, 3.63) is 22.7 Å². The first-order valence-electron chi connectivity index (χ1n) is 8.00. The molecule has 0 amide bonds. The van der Waals surface area contributed by atoms with Gasteiger partial charge in [-0.3, -0.25) is 4.79 Å². The van der Waals surface area contributed by atoms with Crippen molar-refractivity contribution in [3.63, 3.8) is 0 Å². The fourth-order valence-electron chi connectivity index (χ4n) is 3.48. The van der Waals surface area contributed by atoms with Gasteiger partial charge in [-0.1, -0.05) is 26.7 Å². The average Bonchev–Trinajstić information content (AvgIpc) is 3.26. The predicted molar refractivity (Wildman–Crippen MR) is 81.0 cm³/mol. The standard InChI is InChI=1S/C16H25N3O/c1-11(2)13-5-3-4-6-14(13)18-15-16(20)19(10-9-17-15)12-7-8-12/h9-14H,3-8H2,1-2H3,(H,17,18). The highest BCUT2D eigenvalue weighted by atomic mass is 16.1. The van der Waals surface area contributed by atoms with Crippen LogP contribution in [-0.4, -0.2) is 15.6 Å². The molecule has 4 nitrogen and oxygen atoms in total. The van der Waals surface area contributed by atoms with E-state index >= 15 is 0 Å². The molecule has 1 aromatic rings. The Balaban J connectivity index is 1.79. The third kappa shape index (κ3) is 2.74. The van der Waals surface area contributed by atoms with E-state index in [1.807, 2.05) is 10.8 Å². The van der Waals surface area contributed by atoms with Crippen LogP contribution >= 0.6 is 0 Å². The second-order valence-corrected chi connectivity index (χ2v) is 6.66. The van der Waals surface area contributed by atoms with Gasteiger partial charge in [0.2, 0.25) is 0 Å². The Bertz CT molecular complexity index is 519. The molecule has 3 rings (SSSR count). The van der Waals surface area contributed by atoms with E-state index in [1.54, 1.807) is 6.20 Å². The molecule has 1 aromatic heterocycles. The predicted octanol–water partition coefficient (Wildman–Crippen LogP) is 3.20. The highest BCUT2D eigenvalue weighted by Gasteiger charge is 2.29. The van der Waals surface area contributed by atoms with Gasteiger partial charge in [0.25, 0.3) is 5.56 Å². The van der Waals surface area contributed by atoms with Crippen molar-refractivity contribution in [2.75, 3.05) is 5.32 Å². The zero-order valence-electron chi connectivity index (χ0n) is 12.5. The van der Waals surface area contributed by atoms with Crippen molar-refractivity contribution < 1.29 is 0 Å². The minimum absolute atomic E-state index is 0.0584. The lowest BCUT2D eigenvalue weighted by Gasteiger charge is -2.35. The van der Waals surface area contributed by atoms with Crippen LogP contribution in [0.15, 0.2) is 17.2 Å². The molecule has 2 aliphatic carbocycles. The summed E-state index contributed by atoms with van der Waals surface area (Å²) in [6.07, 6.45) is 10.8. The van der Waals surface area contributed by atoms with Gasteiger partial charge in [-0.05, 0) is 37.5 Å². The van der Waals surface area contributed by atoms with Gasteiger partial charge in [-0.25, -0.2) is 4.98 Å². The third-order valence-corrected chi connectivity index (χ3v) is 4.81. The van der Waals surface area contributed by atoms with Crippen molar-refractivity contribution in [2.24, 2.45) is 11.8 Å². The summed E-state index contributed by atoms with van der Waals surface area (Å²) in [6, 6.07) is 0.817. The summed E-state index contributed by atoms with van der Waals surface area (Å²) in [5.41, 5.74) is 0.0584. The molecule has 1 heterocycles. The van der Waals surface area contributed by atoms with Gasteiger partial charge in [0.05, 0.1) is 0 Å². The smallest absolute Gasteiger partial charge is 0.293 e. The molecule has 2 unspecified atom stereocenters. The molecule has 0 saturated heterocycles. The summed E-state index contributed by atoms with van der Waals surface area (Å²) in [6.45, 7) is 4.57. The largest absolute Gasteiger partial charge is 0.362 e.